The standard InChI is InChI=1S/C15H18N2O3/c1-11-14(18)16-7-8-20-10-13(16)15(19)17(11)9-12-5-3-2-4-6-12/h2-6,11,13H,7-10H2,1H3/t11-,13-/m1/s1. The summed E-state index contributed by atoms with van der Waals surface area (Å²) in [6.45, 7) is 3.61. The van der Waals surface area contributed by atoms with Crippen molar-refractivity contribution in [3.8, 4) is 0 Å². The number of nitrogens with zero attached hydrogens (tertiary/aromatic N) is 2. The lowest BCUT2D eigenvalue weighted by atomic mass is 10.0. The van der Waals surface area contributed by atoms with Crippen LogP contribution in [-0.2, 0) is 20.9 Å². The molecule has 20 heavy (non-hydrogen) atoms. The van der Waals surface area contributed by atoms with Gasteiger partial charge in [-0.2, -0.15) is 0 Å². The Morgan fingerprint density at radius 3 is 2.70 bits per heavy atom. The molecule has 2 saturated heterocycles. The number of hydrogen-bond donors (Lipinski definition) is 0. The van der Waals surface area contributed by atoms with E-state index in [2.05, 4.69) is 0 Å². The zero-order valence-electron chi connectivity index (χ0n) is 11.5. The van der Waals surface area contributed by atoms with Gasteiger partial charge in [-0.15, -0.1) is 0 Å². The van der Waals surface area contributed by atoms with Crippen LogP contribution in [0.4, 0.5) is 0 Å². The Hall–Kier alpha value is -1.88. The molecular formula is C15H18N2O3. The van der Waals surface area contributed by atoms with Gasteiger partial charge < -0.3 is 14.5 Å². The molecule has 2 atom stereocenters. The predicted octanol–water partition coefficient (Wildman–Crippen LogP) is 0.645. The van der Waals surface area contributed by atoms with Gasteiger partial charge in [0.15, 0.2) is 0 Å². The van der Waals surface area contributed by atoms with Crippen molar-refractivity contribution >= 4 is 11.8 Å². The Kier molecular flexibility index (Phi) is 3.44. The molecule has 5 nitrogen and oxygen atoms in total. The van der Waals surface area contributed by atoms with Gasteiger partial charge in [-0.25, -0.2) is 0 Å². The molecule has 0 radical (unpaired) electrons. The first-order valence-electron chi connectivity index (χ1n) is 6.91. The van der Waals surface area contributed by atoms with Gasteiger partial charge in [0.2, 0.25) is 11.8 Å². The lowest BCUT2D eigenvalue weighted by Gasteiger charge is -2.45. The first kappa shape index (κ1) is 13.1. The van der Waals surface area contributed by atoms with Crippen LogP contribution in [0.15, 0.2) is 30.3 Å². The van der Waals surface area contributed by atoms with Gasteiger partial charge >= 0.3 is 0 Å². The lowest BCUT2D eigenvalue weighted by molar-refractivity contribution is -0.170. The third-order valence-corrected chi connectivity index (χ3v) is 4.00. The highest BCUT2D eigenvalue weighted by molar-refractivity contribution is 5.97. The molecule has 0 N–H and O–H groups in total. The van der Waals surface area contributed by atoms with E-state index >= 15 is 0 Å². The second-order valence-corrected chi connectivity index (χ2v) is 5.25. The summed E-state index contributed by atoms with van der Waals surface area (Å²) in [7, 11) is 0. The molecular weight excluding hydrogens is 256 g/mol. The average Bonchev–Trinajstić information content (AvgIpc) is 2.50. The monoisotopic (exact) mass is 274 g/mol. The number of benzene rings is 1. The van der Waals surface area contributed by atoms with Gasteiger partial charge in [-0.3, -0.25) is 9.59 Å². The first-order chi connectivity index (χ1) is 9.68. The van der Waals surface area contributed by atoms with Crippen molar-refractivity contribution in [3.63, 3.8) is 0 Å². The van der Waals surface area contributed by atoms with Crippen molar-refractivity contribution in [2.24, 2.45) is 0 Å². The zero-order chi connectivity index (χ0) is 14.1. The van der Waals surface area contributed by atoms with Crippen LogP contribution in [0.1, 0.15) is 12.5 Å². The van der Waals surface area contributed by atoms with Crippen LogP contribution < -0.4 is 0 Å². The fourth-order valence-electron chi connectivity index (χ4n) is 2.82. The van der Waals surface area contributed by atoms with Gasteiger partial charge in [-0.05, 0) is 12.5 Å². The van der Waals surface area contributed by atoms with Gasteiger partial charge in [0.25, 0.3) is 0 Å². The number of fused-ring (bicyclic) bond motifs is 1. The summed E-state index contributed by atoms with van der Waals surface area (Å²) in [4.78, 5) is 28.3. The molecule has 0 saturated carbocycles. The molecule has 2 fully saturated rings. The summed E-state index contributed by atoms with van der Waals surface area (Å²) in [6.07, 6.45) is 0. The van der Waals surface area contributed by atoms with E-state index < -0.39 is 12.1 Å². The molecule has 0 unspecified atom stereocenters. The number of morpholine rings is 1. The highest BCUT2D eigenvalue weighted by atomic mass is 16.5. The second kappa shape index (κ2) is 5.25. The van der Waals surface area contributed by atoms with Crippen LogP contribution in [0.25, 0.3) is 0 Å². The summed E-state index contributed by atoms with van der Waals surface area (Å²) < 4.78 is 5.35. The molecule has 0 aliphatic carbocycles. The zero-order valence-corrected chi connectivity index (χ0v) is 11.5. The van der Waals surface area contributed by atoms with Crippen molar-refractivity contribution in [1.82, 2.24) is 9.80 Å². The molecule has 1 aromatic carbocycles. The number of carbonyl (C=O) groups excluding carboxylic acids is 2. The maximum absolute atomic E-state index is 12.6. The van der Waals surface area contributed by atoms with Gasteiger partial charge in [-0.1, -0.05) is 30.3 Å². The molecule has 106 valence electrons. The number of rotatable bonds is 2. The number of hydrogen-bond acceptors (Lipinski definition) is 3. The smallest absolute Gasteiger partial charge is 0.248 e. The van der Waals surface area contributed by atoms with Gasteiger partial charge in [0.1, 0.15) is 12.1 Å². The van der Waals surface area contributed by atoms with Gasteiger partial charge in [0.05, 0.1) is 13.2 Å². The first-order valence-corrected chi connectivity index (χ1v) is 6.91. The molecule has 0 bridgehead atoms. The molecule has 2 amide bonds. The third kappa shape index (κ3) is 2.18. The minimum Gasteiger partial charge on any atom is -0.377 e. The van der Waals surface area contributed by atoms with E-state index in [9.17, 15) is 9.59 Å². The van der Waals surface area contributed by atoms with Crippen LogP contribution >= 0.6 is 0 Å². The van der Waals surface area contributed by atoms with Crippen LogP contribution in [0.5, 0.6) is 0 Å². The van der Waals surface area contributed by atoms with E-state index in [0.29, 0.717) is 26.3 Å². The van der Waals surface area contributed by atoms with Crippen LogP contribution in [0.3, 0.4) is 0 Å². The lowest BCUT2D eigenvalue weighted by Crippen LogP contribution is -2.66. The molecule has 2 heterocycles. The summed E-state index contributed by atoms with van der Waals surface area (Å²) in [5, 5.41) is 0. The van der Waals surface area contributed by atoms with E-state index in [0.717, 1.165) is 5.56 Å². The fourth-order valence-corrected chi connectivity index (χ4v) is 2.82. The molecule has 1 aromatic rings. The Morgan fingerprint density at radius 1 is 1.20 bits per heavy atom. The van der Waals surface area contributed by atoms with E-state index in [4.69, 9.17) is 4.74 Å². The maximum atomic E-state index is 12.6. The summed E-state index contributed by atoms with van der Waals surface area (Å²) in [5.74, 6) is 0.00878. The number of carbonyl (C=O) groups is 2. The highest BCUT2D eigenvalue weighted by Gasteiger charge is 2.45. The largest absolute Gasteiger partial charge is 0.377 e. The number of amides is 2. The molecule has 3 rings (SSSR count). The van der Waals surface area contributed by atoms with Crippen LogP contribution in [0, 0.1) is 0 Å². The Labute approximate surface area is 118 Å². The van der Waals surface area contributed by atoms with Gasteiger partial charge in [0, 0.05) is 13.1 Å². The number of piperazine rings is 1. The Bertz CT molecular complexity index is 517. The second-order valence-electron chi connectivity index (χ2n) is 5.25. The minimum atomic E-state index is -0.448. The maximum Gasteiger partial charge on any atom is 0.248 e. The minimum absolute atomic E-state index is 0.0133. The normalized spacial score (nSPS) is 26.6. The van der Waals surface area contributed by atoms with Crippen molar-refractivity contribution in [2.45, 2.75) is 25.6 Å². The summed E-state index contributed by atoms with van der Waals surface area (Å²) >= 11 is 0. The van der Waals surface area contributed by atoms with E-state index in [1.54, 1.807) is 16.7 Å². The van der Waals surface area contributed by atoms with Crippen molar-refractivity contribution in [1.29, 1.82) is 0 Å². The van der Waals surface area contributed by atoms with Crippen molar-refractivity contribution in [3.05, 3.63) is 35.9 Å². The van der Waals surface area contributed by atoms with E-state index in [1.165, 1.54) is 0 Å². The van der Waals surface area contributed by atoms with Crippen LogP contribution in [0.2, 0.25) is 0 Å². The Balaban J connectivity index is 1.83. The van der Waals surface area contributed by atoms with Crippen molar-refractivity contribution in [2.75, 3.05) is 19.8 Å². The summed E-state index contributed by atoms with van der Waals surface area (Å²) in [6, 6.07) is 8.89. The molecule has 0 spiro atoms. The topological polar surface area (TPSA) is 49.9 Å². The molecule has 2 aliphatic rings. The molecule has 5 heteroatoms. The third-order valence-electron chi connectivity index (χ3n) is 4.00. The average molecular weight is 274 g/mol. The highest BCUT2D eigenvalue weighted by Crippen LogP contribution is 2.22. The van der Waals surface area contributed by atoms with E-state index in [1.807, 2.05) is 30.3 Å². The quantitative estimate of drug-likeness (QED) is 0.795. The molecule has 0 aromatic heterocycles. The fraction of sp³-hybridized carbons (Fsp3) is 0.467. The van der Waals surface area contributed by atoms with E-state index in [-0.39, 0.29) is 11.8 Å². The summed E-state index contributed by atoms with van der Waals surface area (Å²) in [5.41, 5.74) is 1.03. The Morgan fingerprint density at radius 2 is 1.95 bits per heavy atom. The molecule has 2 aliphatic heterocycles. The van der Waals surface area contributed by atoms with Crippen molar-refractivity contribution < 1.29 is 14.3 Å². The van der Waals surface area contributed by atoms with Crippen LogP contribution in [-0.4, -0.2) is 53.5 Å². The predicted molar refractivity (Wildman–Crippen MR) is 72.8 cm³/mol. The number of ether oxygens (including phenoxy) is 1. The SMILES string of the molecule is C[C@@H]1C(=O)N2CCOC[C@@H]2C(=O)N1Cc1ccccc1.